The van der Waals surface area contributed by atoms with E-state index < -0.39 is 0 Å². The second kappa shape index (κ2) is 3.93. The highest BCUT2D eigenvalue weighted by Gasteiger charge is 2.40. The Bertz CT molecular complexity index is 347. The number of aromatic nitrogens is 1. The molecule has 1 fully saturated rings. The fraction of sp³-hybridized carbons (Fsp3) is 0.636. The minimum atomic E-state index is -0.0606. The molecule has 1 saturated heterocycles. The second-order valence-corrected chi connectivity index (χ2v) is 5.44. The molecule has 0 spiro atoms. The van der Waals surface area contributed by atoms with E-state index in [2.05, 4.69) is 24.1 Å². The molecule has 1 aromatic heterocycles. The zero-order chi connectivity index (χ0) is 10.9. The minimum absolute atomic E-state index is 0.0606. The largest absolute Gasteiger partial charge is 0.350 e. The SMILES string of the molecule is CC(C)C1(Cc2nccs2)CCC(=O)N1. The van der Waals surface area contributed by atoms with Gasteiger partial charge in [-0.1, -0.05) is 13.8 Å². The number of hydrogen-bond donors (Lipinski definition) is 1. The first-order valence-electron chi connectivity index (χ1n) is 5.32. The van der Waals surface area contributed by atoms with Crippen LogP contribution >= 0.6 is 11.3 Å². The first kappa shape index (κ1) is 10.6. The van der Waals surface area contributed by atoms with E-state index in [1.165, 1.54) is 0 Å². The van der Waals surface area contributed by atoms with Gasteiger partial charge in [0.15, 0.2) is 0 Å². The standard InChI is InChI=1S/C11H16N2OS/c1-8(2)11(4-3-9(14)13-11)7-10-12-5-6-15-10/h5-6,8H,3-4,7H2,1-2H3,(H,13,14). The fourth-order valence-electron chi connectivity index (χ4n) is 2.12. The van der Waals surface area contributed by atoms with Crippen LogP contribution in [0.15, 0.2) is 11.6 Å². The van der Waals surface area contributed by atoms with Crippen LogP contribution in [0.3, 0.4) is 0 Å². The number of carbonyl (C=O) groups is 1. The molecular formula is C11H16N2OS. The van der Waals surface area contributed by atoms with Gasteiger partial charge >= 0.3 is 0 Å². The van der Waals surface area contributed by atoms with Crippen molar-refractivity contribution in [3.05, 3.63) is 16.6 Å². The molecule has 2 rings (SSSR count). The van der Waals surface area contributed by atoms with Crippen LogP contribution in [0.1, 0.15) is 31.7 Å². The highest BCUT2D eigenvalue weighted by molar-refractivity contribution is 7.09. The molecule has 1 atom stereocenters. The molecule has 0 aromatic carbocycles. The Hall–Kier alpha value is -0.900. The highest BCUT2D eigenvalue weighted by Crippen LogP contribution is 2.32. The van der Waals surface area contributed by atoms with Crippen molar-refractivity contribution in [1.82, 2.24) is 10.3 Å². The average Bonchev–Trinajstić information content (AvgIpc) is 2.77. The van der Waals surface area contributed by atoms with E-state index in [1.54, 1.807) is 11.3 Å². The van der Waals surface area contributed by atoms with Crippen LogP contribution in [0.25, 0.3) is 0 Å². The van der Waals surface area contributed by atoms with Crippen molar-refractivity contribution in [1.29, 1.82) is 0 Å². The summed E-state index contributed by atoms with van der Waals surface area (Å²) in [5.41, 5.74) is -0.0606. The molecule has 82 valence electrons. The molecule has 3 nitrogen and oxygen atoms in total. The third kappa shape index (κ3) is 2.04. The Kier molecular flexibility index (Phi) is 2.78. The number of nitrogens with one attached hydrogen (secondary N) is 1. The summed E-state index contributed by atoms with van der Waals surface area (Å²) in [6, 6.07) is 0. The molecule has 0 bridgehead atoms. The monoisotopic (exact) mass is 224 g/mol. The van der Waals surface area contributed by atoms with Crippen molar-refractivity contribution in [2.24, 2.45) is 5.92 Å². The molecule has 1 unspecified atom stereocenters. The Morgan fingerprint density at radius 2 is 2.47 bits per heavy atom. The summed E-state index contributed by atoms with van der Waals surface area (Å²) in [4.78, 5) is 15.7. The molecule has 0 radical (unpaired) electrons. The summed E-state index contributed by atoms with van der Waals surface area (Å²) in [6.07, 6.45) is 4.28. The van der Waals surface area contributed by atoms with Crippen molar-refractivity contribution in [3.8, 4) is 0 Å². The van der Waals surface area contributed by atoms with Gasteiger partial charge in [-0.15, -0.1) is 11.3 Å². The molecule has 4 heteroatoms. The number of carbonyl (C=O) groups excluding carboxylic acids is 1. The quantitative estimate of drug-likeness (QED) is 0.853. The molecule has 15 heavy (non-hydrogen) atoms. The van der Waals surface area contributed by atoms with Crippen molar-refractivity contribution < 1.29 is 4.79 Å². The summed E-state index contributed by atoms with van der Waals surface area (Å²) in [5.74, 6) is 0.633. The van der Waals surface area contributed by atoms with Crippen LogP contribution in [0.2, 0.25) is 0 Å². The lowest BCUT2D eigenvalue weighted by atomic mass is 9.82. The zero-order valence-corrected chi connectivity index (χ0v) is 9.93. The Morgan fingerprint density at radius 1 is 1.67 bits per heavy atom. The van der Waals surface area contributed by atoms with Gasteiger partial charge in [-0.25, -0.2) is 4.98 Å². The van der Waals surface area contributed by atoms with Gasteiger partial charge in [-0.05, 0) is 12.3 Å². The lowest BCUT2D eigenvalue weighted by Gasteiger charge is -2.32. The predicted molar refractivity (Wildman–Crippen MR) is 60.8 cm³/mol. The highest BCUT2D eigenvalue weighted by atomic mass is 32.1. The summed E-state index contributed by atoms with van der Waals surface area (Å²) in [7, 11) is 0. The van der Waals surface area contributed by atoms with Crippen LogP contribution in [0.5, 0.6) is 0 Å². The van der Waals surface area contributed by atoms with E-state index >= 15 is 0 Å². The molecule has 1 amide bonds. The topological polar surface area (TPSA) is 42.0 Å². The number of nitrogens with zero attached hydrogens (tertiary/aromatic N) is 1. The maximum atomic E-state index is 11.4. The van der Waals surface area contributed by atoms with Crippen molar-refractivity contribution in [2.45, 2.75) is 38.6 Å². The van der Waals surface area contributed by atoms with Crippen LogP contribution in [0, 0.1) is 5.92 Å². The molecule has 1 aliphatic rings. The van der Waals surface area contributed by atoms with Crippen LogP contribution in [-0.2, 0) is 11.2 Å². The van der Waals surface area contributed by atoms with Crippen molar-refractivity contribution in [2.75, 3.05) is 0 Å². The summed E-state index contributed by atoms with van der Waals surface area (Å²) in [5, 5.41) is 6.24. The third-order valence-electron chi connectivity index (χ3n) is 3.24. The summed E-state index contributed by atoms with van der Waals surface area (Å²) < 4.78 is 0. The number of hydrogen-bond acceptors (Lipinski definition) is 3. The number of amides is 1. The lowest BCUT2D eigenvalue weighted by Crippen LogP contribution is -2.48. The van der Waals surface area contributed by atoms with Crippen LogP contribution in [0.4, 0.5) is 0 Å². The van der Waals surface area contributed by atoms with Gasteiger partial charge in [0.25, 0.3) is 0 Å². The fourth-order valence-corrected chi connectivity index (χ4v) is 2.86. The maximum Gasteiger partial charge on any atom is 0.220 e. The van der Waals surface area contributed by atoms with E-state index in [-0.39, 0.29) is 11.4 Å². The molecule has 2 heterocycles. The van der Waals surface area contributed by atoms with Gasteiger partial charge in [-0.3, -0.25) is 4.79 Å². The van der Waals surface area contributed by atoms with E-state index in [0.29, 0.717) is 12.3 Å². The maximum absolute atomic E-state index is 11.4. The number of rotatable bonds is 3. The van der Waals surface area contributed by atoms with Crippen molar-refractivity contribution in [3.63, 3.8) is 0 Å². The Labute approximate surface area is 93.9 Å². The van der Waals surface area contributed by atoms with Crippen molar-refractivity contribution >= 4 is 17.2 Å². The van der Waals surface area contributed by atoms with Gasteiger partial charge in [-0.2, -0.15) is 0 Å². The van der Waals surface area contributed by atoms with Gasteiger partial charge in [0.05, 0.1) is 5.01 Å². The van der Waals surface area contributed by atoms with E-state index in [1.807, 2.05) is 11.6 Å². The molecular weight excluding hydrogens is 208 g/mol. The summed E-state index contributed by atoms with van der Waals surface area (Å²) in [6.45, 7) is 4.33. The molecule has 0 aliphatic carbocycles. The minimum Gasteiger partial charge on any atom is -0.350 e. The molecule has 0 saturated carbocycles. The van der Waals surface area contributed by atoms with Gasteiger partial charge in [0.1, 0.15) is 0 Å². The molecule has 1 N–H and O–H groups in total. The Balaban J connectivity index is 2.17. The predicted octanol–water partition coefficient (Wildman–Crippen LogP) is 1.99. The first-order valence-corrected chi connectivity index (χ1v) is 6.20. The smallest absolute Gasteiger partial charge is 0.220 e. The van der Waals surface area contributed by atoms with Crippen LogP contribution in [-0.4, -0.2) is 16.4 Å². The molecule has 1 aromatic rings. The van der Waals surface area contributed by atoms with Crippen LogP contribution < -0.4 is 5.32 Å². The van der Waals surface area contributed by atoms with E-state index in [9.17, 15) is 4.79 Å². The number of thiazole rings is 1. The average molecular weight is 224 g/mol. The van der Waals surface area contributed by atoms with Gasteiger partial charge in [0.2, 0.25) is 5.91 Å². The normalized spacial score (nSPS) is 25.9. The van der Waals surface area contributed by atoms with E-state index in [0.717, 1.165) is 17.8 Å². The Morgan fingerprint density at radius 3 is 2.93 bits per heavy atom. The van der Waals surface area contributed by atoms with Gasteiger partial charge in [0, 0.05) is 30.0 Å². The lowest BCUT2D eigenvalue weighted by molar-refractivity contribution is -0.120. The summed E-state index contributed by atoms with van der Waals surface area (Å²) >= 11 is 1.66. The first-order chi connectivity index (χ1) is 7.12. The van der Waals surface area contributed by atoms with E-state index in [4.69, 9.17) is 0 Å². The zero-order valence-electron chi connectivity index (χ0n) is 9.12. The second-order valence-electron chi connectivity index (χ2n) is 4.46. The van der Waals surface area contributed by atoms with Gasteiger partial charge < -0.3 is 5.32 Å². The molecule has 1 aliphatic heterocycles. The third-order valence-corrected chi connectivity index (χ3v) is 4.02.